The molecule has 2 aliphatic heterocycles. The number of nitrogens with one attached hydrogen (secondary N) is 1. The Balaban J connectivity index is 0.000000235. The van der Waals surface area contributed by atoms with Crippen LogP contribution < -0.4 is 9.64 Å². The van der Waals surface area contributed by atoms with E-state index in [9.17, 15) is 4.79 Å². The van der Waals surface area contributed by atoms with Gasteiger partial charge in [-0.25, -0.2) is 4.79 Å². The van der Waals surface area contributed by atoms with Crippen molar-refractivity contribution < 1.29 is 9.53 Å². The third kappa shape index (κ3) is 6.08. The topological polar surface area (TPSA) is 53.4 Å². The normalized spacial score (nSPS) is 18.2. The molecule has 5 heteroatoms. The lowest BCUT2D eigenvalue weighted by Crippen LogP contribution is -2.41. The molecule has 0 saturated carbocycles. The molecule has 4 nitrogen and oxygen atoms in total. The minimum Gasteiger partial charge on any atom is -0.423 e. The van der Waals surface area contributed by atoms with Crippen molar-refractivity contribution in [2.75, 3.05) is 18.0 Å². The van der Waals surface area contributed by atoms with Crippen molar-refractivity contribution in [2.45, 2.75) is 70.1 Å². The SMILES string of the molecule is C/C=C\C(=O)Oc1ccc2c3c1C(C)(C)CCN3CCC2C.CCC(=N)Sc1ccccc1. The van der Waals surface area contributed by atoms with Crippen molar-refractivity contribution in [3.63, 3.8) is 0 Å². The monoisotopic (exact) mass is 464 g/mol. The molecule has 2 heterocycles. The van der Waals surface area contributed by atoms with Gasteiger partial charge in [0, 0.05) is 35.3 Å². The predicted molar refractivity (Wildman–Crippen MR) is 140 cm³/mol. The zero-order chi connectivity index (χ0) is 24.0. The van der Waals surface area contributed by atoms with Crippen molar-refractivity contribution in [1.82, 2.24) is 0 Å². The number of carbonyl (C=O) groups excluding carboxylic acids is 1. The van der Waals surface area contributed by atoms with Gasteiger partial charge < -0.3 is 9.64 Å². The van der Waals surface area contributed by atoms with Gasteiger partial charge >= 0.3 is 5.97 Å². The van der Waals surface area contributed by atoms with Gasteiger partial charge in [-0.1, -0.05) is 69.8 Å². The second-order valence-corrected chi connectivity index (χ2v) is 10.5. The molecule has 4 rings (SSSR count). The Bertz CT molecular complexity index is 1010. The molecule has 0 saturated heterocycles. The molecule has 0 amide bonds. The first-order valence-corrected chi connectivity index (χ1v) is 12.7. The molecule has 2 aromatic carbocycles. The number of benzene rings is 2. The van der Waals surface area contributed by atoms with E-state index in [1.54, 1.807) is 6.08 Å². The summed E-state index contributed by atoms with van der Waals surface area (Å²) in [6, 6.07) is 14.2. The van der Waals surface area contributed by atoms with Gasteiger partial charge in [0.2, 0.25) is 0 Å². The Labute approximate surface area is 202 Å². The summed E-state index contributed by atoms with van der Waals surface area (Å²) in [5, 5.41) is 8.16. The molecule has 0 aromatic heterocycles. The van der Waals surface area contributed by atoms with E-state index in [0.29, 0.717) is 5.92 Å². The van der Waals surface area contributed by atoms with Gasteiger partial charge in [-0.05, 0) is 61.3 Å². The van der Waals surface area contributed by atoms with Gasteiger partial charge in [0.15, 0.2) is 0 Å². The highest BCUT2D eigenvalue weighted by Gasteiger charge is 2.38. The number of nitrogens with zero attached hydrogens (tertiary/aromatic N) is 1. The van der Waals surface area contributed by atoms with Crippen LogP contribution in [0, 0.1) is 5.41 Å². The minimum absolute atomic E-state index is 0.0322. The zero-order valence-electron chi connectivity index (χ0n) is 20.5. The number of hydrogen-bond acceptors (Lipinski definition) is 5. The van der Waals surface area contributed by atoms with Gasteiger partial charge in [-0.2, -0.15) is 0 Å². The van der Waals surface area contributed by atoms with Crippen LogP contribution in [0.1, 0.15) is 70.9 Å². The van der Waals surface area contributed by atoms with Gasteiger partial charge in [-0.15, -0.1) is 0 Å². The summed E-state index contributed by atoms with van der Waals surface area (Å²) in [5.41, 5.74) is 3.96. The Morgan fingerprint density at radius 3 is 2.61 bits per heavy atom. The third-order valence-electron chi connectivity index (χ3n) is 6.35. The predicted octanol–water partition coefficient (Wildman–Crippen LogP) is 7.33. The van der Waals surface area contributed by atoms with E-state index in [2.05, 4.69) is 31.7 Å². The van der Waals surface area contributed by atoms with Crippen LogP contribution in [-0.2, 0) is 10.2 Å². The molecule has 1 atom stereocenters. The van der Waals surface area contributed by atoms with E-state index < -0.39 is 0 Å². The Morgan fingerprint density at radius 1 is 1.21 bits per heavy atom. The van der Waals surface area contributed by atoms with Crippen LogP contribution in [0.15, 0.2) is 59.5 Å². The fourth-order valence-electron chi connectivity index (χ4n) is 4.43. The molecule has 0 bridgehead atoms. The summed E-state index contributed by atoms with van der Waals surface area (Å²) >= 11 is 1.53. The number of allylic oxidation sites excluding steroid dienone is 1. The van der Waals surface area contributed by atoms with Crippen molar-refractivity contribution in [1.29, 1.82) is 5.41 Å². The summed E-state index contributed by atoms with van der Waals surface area (Å²) in [5.74, 6) is 1.00. The van der Waals surface area contributed by atoms with Crippen LogP contribution in [0.3, 0.4) is 0 Å². The first kappa shape index (κ1) is 25.1. The summed E-state index contributed by atoms with van der Waals surface area (Å²) in [7, 11) is 0. The summed E-state index contributed by atoms with van der Waals surface area (Å²) in [6.45, 7) is 12.8. The second-order valence-electron chi connectivity index (χ2n) is 9.30. The average molecular weight is 465 g/mol. The Kier molecular flexibility index (Phi) is 8.41. The smallest absolute Gasteiger partial charge is 0.335 e. The van der Waals surface area contributed by atoms with Gasteiger partial charge in [0.25, 0.3) is 0 Å². The fourth-order valence-corrected chi connectivity index (χ4v) is 5.15. The molecule has 0 fully saturated rings. The van der Waals surface area contributed by atoms with Gasteiger partial charge in [0.1, 0.15) is 5.75 Å². The van der Waals surface area contributed by atoms with Gasteiger partial charge in [-0.3, -0.25) is 5.41 Å². The van der Waals surface area contributed by atoms with Crippen molar-refractivity contribution in [3.05, 3.63) is 65.7 Å². The lowest BCUT2D eigenvalue weighted by atomic mass is 9.73. The van der Waals surface area contributed by atoms with Crippen LogP contribution in [0.2, 0.25) is 0 Å². The molecular formula is C28H36N2O2S. The molecule has 2 aromatic rings. The Morgan fingerprint density at radius 2 is 1.94 bits per heavy atom. The quantitative estimate of drug-likeness (QED) is 0.128. The lowest BCUT2D eigenvalue weighted by molar-refractivity contribution is -0.129. The standard InChI is InChI=1S/C19H25NO2.C9H11NS/c1-5-6-16(21)22-15-8-7-14-13(2)9-11-20-12-10-19(3,4)17(15)18(14)20;1-2-9(10)11-8-6-4-3-5-7-8/h5-8,13H,9-12H2,1-4H3;3-7,10H,2H2,1H3/b6-5-;. The van der Waals surface area contributed by atoms with E-state index in [0.717, 1.165) is 41.6 Å². The minimum atomic E-state index is -0.296. The molecule has 0 aliphatic carbocycles. The van der Waals surface area contributed by atoms with Crippen LogP contribution in [0.4, 0.5) is 5.69 Å². The van der Waals surface area contributed by atoms with Crippen LogP contribution in [0.5, 0.6) is 5.75 Å². The van der Waals surface area contributed by atoms with Crippen LogP contribution in [-0.4, -0.2) is 24.1 Å². The Hall–Kier alpha value is -2.53. The van der Waals surface area contributed by atoms with E-state index in [1.807, 2.05) is 50.2 Å². The van der Waals surface area contributed by atoms with Crippen molar-refractivity contribution in [2.24, 2.45) is 0 Å². The van der Waals surface area contributed by atoms with Crippen molar-refractivity contribution >= 4 is 28.5 Å². The number of anilines is 1. The highest BCUT2D eigenvalue weighted by molar-refractivity contribution is 8.13. The zero-order valence-corrected chi connectivity index (χ0v) is 21.3. The maximum atomic E-state index is 11.9. The number of thioether (sulfide) groups is 1. The molecule has 0 radical (unpaired) electrons. The summed E-state index contributed by atoms with van der Waals surface area (Å²) < 4.78 is 5.64. The van der Waals surface area contributed by atoms with E-state index in [1.165, 1.54) is 41.1 Å². The summed E-state index contributed by atoms with van der Waals surface area (Å²) in [6.07, 6.45) is 6.30. The summed E-state index contributed by atoms with van der Waals surface area (Å²) in [4.78, 5) is 15.5. The second kappa shape index (κ2) is 11.1. The molecule has 1 N–H and O–H groups in total. The number of esters is 1. The van der Waals surface area contributed by atoms with E-state index in [-0.39, 0.29) is 11.4 Å². The molecule has 2 aliphatic rings. The largest absolute Gasteiger partial charge is 0.423 e. The maximum absolute atomic E-state index is 11.9. The maximum Gasteiger partial charge on any atom is 0.335 e. The highest BCUT2D eigenvalue weighted by Crippen LogP contribution is 2.50. The highest BCUT2D eigenvalue weighted by atomic mass is 32.2. The first-order chi connectivity index (χ1) is 15.8. The van der Waals surface area contributed by atoms with Crippen LogP contribution in [0.25, 0.3) is 0 Å². The molecule has 33 heavy (non-hydrogen) atoms. The number of ether oxygens (including phenoxy) is 1. The van der Waals surface area contributed by atoms with Crippen molar-refractivity contribution in [3.8, 4) is 5.75 Å². The van der Waals surface area contributed by atoms with Gasteiger partial charge in [0.05, 0.1) is 5.04 Å². The number of carbonyl (C=O) groups is 1. The molecule has 0 spiro atoms. The number of hydrogen-bond donors (Lipinski definition) is 1. The molecule has 1 unspecified atom stereocenters. The third-order valence-corrected chi connectivity index (χ3v) is 7.40. The van der Waals surface area contributed by atoms with E-state index in [4.69, 9.17) is 10.1 Å². The van der Waals surface area contributed by atoms with Crippen LogP contribution >= 0.6 is 11.8 Å². The first-order valence-electron chi connectivity index (χ1n) is 11.8. The molecule has 176 valence electrons. The van der Waals surface area contributed by atoms with E-state index >= 15 is 0 Å². The lowest BCUT2D eigenvalue weighted by Gasteiger charge is -2.45. The number of rotatable bonds is 4. The molecular weight excluding hydrogens is 428 g/mol. The average Bonchev–Trinajstić information content (AvgIpc) is 2.79. The fraction of sp³-hybridized carbons (Fsp3) is 0.429.